The van der Waals surface area contributed by atoms with E-state index in [4.69, 9.17) is 9.40 Å². The fraction of sp³-hybridized carbons (Fsp3) is 0.185. The van der Waals surface area contributed by atoms with Gasteiger partial charge in [0.15, 0.2) is 0 Å². The summed E-state index contributed by atoms with van der Waals surface area (Å²) >= 11 is 1.62. The highest BCUT2D eigenvalue weighted by molar-refractivity contribution is 7.18. The minimum Gasteiger partial charge on any atom is -0.424 e. The van der Waals surface area contributed by atoms with E-state index in [1.165, 1.54) is 16.7 Å². The highest BCUT2D eigenvalue weighted by Crippen LogP contribution is 2.40. The predicted octanol–water partition coefficient (Wildman–Crippen LogP) is 5.15. The molecule has 1 saturated carbocycles. The molecule has 1 aliphatic carbocycles. The zero-order valence-electron chi connectivity index (χ0n) is 18.3. The molecule has 6 nitrogen and oxygen atoms in total. The molecule has 0 aliphatic heterocycles. The van der Waals surface area contributed by atoms with Gasteiger partial charge in [-0.25, -0.2) is 4.98 Å². The van der Waals surface area contributed by atoms with Crippen molar-refractivity contribution in [3.8, 4) is 11.1 Å². The van der Waals surface area contributed by atoms with Crippen LogP contribution >= 0.6 is 11.3 Å². The van der Waals surface area contributed by atoms with Crippen LogP contribution in [0.4, 0.5) is 0 Å². The van der Waals surface area contributed by atoms with E-state index in [0.717, 1.165) is 21.6 Å². The van der Waals surface area contributed by atoms with Crippen LogP contribution in [0.5, 0.6) is 0 Å². The summed E-state index contributed by atoms with van der Waals surface area (Å²) in [5.74, 6) is 1.10. The summed E-state index contributed by atoms with van der Waals surface area (Å²) in [6, 6.07) is 27.0. The Bertz CT molecular complexity index is 1450. The second-order valence-electron chi connectivity index (χ2n) is 8.53. The van der Waals surface area contributed by atoms with Crippen molar-refractivity contribution < 1.29 is 9.21 Å². The highest BCUT2D eigenvalue weighted by atomic mass is 32.1. The van der Waals surface area contributed by atoms with Crippen LogP contribution in [0.3, 0.4) is 0 Å². The van der Waals surface area contributed by atoms with Crippen molar-refractivity contribution in [2.24, 2.45) is 0 Å². The predicted molar refractivity (Wildman–Crippen MR) is 132 cm³/mol. The molecule has 5 aromatic rings. The van der Waals surface area contributed by atoms with Crippen molar-refractivity contribution in [3.63, 3.8) is 0 Å². The fourth-order valence-corrected chi connectivity index (χ4v) is 5.23. The number of nitrogens with zero attached hydrogens (tertiary/aromatic N) is 3. The van der Waals surface area contributed by atoms with Crippen LogP contribution < -0.4 is 5.32 Å². The zero-order valence-corrected chi connectivity index (χ0v) is 19.2. The van der Waals surface area contributed by atoms with Gasteiger partial charge in [-0.3, -0.25) is 4.79 Å². The summed E-state index contributed by atoms with van der Waals surface area (Å²) in [7, 11) is 0. The molecule has 2 aromatic heterocycles. The summed E-state index contributed by atoms with van der Waals surface area (Å²) in [4.78, 5) is 17.1. The van der Waals surface area contributed by atoms with Crippen LogP contribution in [0.15, 0.2) is 83.3 Å². The Morgan fingerprint density at radius 3 is 2.53 bits per heavy atom. The van der Waals surface area contributed by atoms with Gasteiger partial charge in [0.05, 0.1) is 16.6 Å². The Hall–Kier alpha value is -3.84. The first kappa shape index (κ1) is 20.7. The van der Waals surface area contributed by atoms with Gasteiger partial charge in [0, 0.05) is 12.0 Å². The van der Waals surface area contributed by atoms with Crippen molar-refractivity contribution in [1.82, 2.24) is 20.5 Å². The molecule has 1 unspecified atom stereocenters. The van der Waals surface area contributed by atoms with Crippen LogP contribution in [-0.2, 0) is 17.6 Å². The molecule has 0 radical (unpaired) electrons. The summed E-state index contributed by atoms with van der Waals surface area (Å²) in [6.07, 6.45) is 1.51. The average Bonchev–Trinajstić information content (AvgIpc) is 3.29. The molecule has 2 atom stereocenters. The monoisotopic (exact) mass is 466 g/mol. The molecular weight excluding hydrogens is 444 g/mol. The van der Waals surface area contributed by atoms with Gasteiger partial charge in [-0.05, 0) is 35.2 Å². The van der Waals surface area contributed by atoms with Gasteiger partial charge < -0.3 is 9.73 Å². The Labute approximate surface area is 200 Å². The van der Waals surface area contributed by atoms with Crippen LogP contribution in [0, 0.1) is 0 Å². The van der Waals surface area contributed by atoms with E-state index in [2.05, 4.69) is 51.9 Å². The number of hydrogen-bond donors (Lipinski definition) is 1. The summed E-state index contributed by atoms with van der Waals surface area (Å²) < 4.78 is 6.86. The molecule has 168 valence electrons. The first-order valence-corrected chi connectivity index (χ1v) is 12.1. The number of amides is 1. The third-order valence-corrected chi connectivity index (χ3v) is 7.05. The quantitative estimate of drug-likeness (QED) is 0.359. The molecule has 1 aliphatic rings. The van der Waals surface area contributed by atoms with Gasteiger partial charge in [-0.1, -0.05) is 66.7 Å². The van der Waals surface area contributed by atoms with Crippen LogP contribution in [0.25, 0.3) is 21.3 Å². The first-order valence-electron chi connectivity index (χ1n) is 11.3. The van der Waals surface area contributed by atoms with Gasteiger partial charge in [-0.15, -0.1) is 21.5 Å². The second-order valence-corrected chi connectivity index (χ2v) is 9.64. The standard InChI is InChI=1S/C27H22N4O2S/c32-24(28-22-14-20(22)18-9-5-2-6-10-18)15-25-30-31-26(33-25)16-27-29-21-12-11-19(13-23(21)34-27)17-7-3-1-4-8-17/h1-13,20,22H,14-16H2,(H,28,32)/t20?,22-/m0/s1. The van der Waals surface area contributed by atoms with E-state index in [9.17, 15) is 4.79 Å². The molecule has 3 aromatic carbocycles. The van der Waals surface area contributed by atoms with Crippen LogP contribution in [0.2, 0.25) is 0 Å². The number of rotatable bonds is 7. The Morgan fingerprint density at radius 2 is 1.71 bits per heavy atom. The number of carbonyl (C=O) groups excluding carboxylic acids is 1. The van der Waals surface area contributed by atoms with E-state index in [0.29, 0.717) is 24.1 Å². The highest BCUT2D eigenvalue weighted by Gasteiger charge is 2.39. The van der Waals surface area contributed by atoms with Crippen LogP contribution in [0.1, 0.15) is 34.7 Å². The largest absolute Gasteiger partial charge is 0.424 e. The number of benzene rings is 3. The smallest absolute Gasteiger partial charge is 0.229 e. The van der Waals surface area contributed by atoms with Gasteiger partial charge >= 0.3 is 0 Å². The lowest BCUT2D eigenvalue weighted by molar-refractivity contribution is -0.120. The molecular formula is C27H22N4O2S. The van der Waals surface area contributed by atoms with Gasteiger partial charge in [0.1, 0.15) is 11.4 Å². The summed E-state index contributed by atoms with van der Waals surface area (Å²) in [5.41, 5.74) is 4.57. The third kappa shape index (κ3) is 4.47. The fourth-order valence-electron chi connectivity index (χ4n) is 4.24. The Kier molecular flexibility index (Phi) is 5.39. The molecule has 6 rings (SSSR count). The molecule has 34 heavy (non-hydrogen) atoms. The van der Waals surface area contributed by atoms with Crippen molar-refractivity contribution >= 4 is 27.5 Å². The third-order valence-electron chi connectivity index (χ3n) is 6.03. The van der Waals surface area contributed by atoms with E-state index in [1.54, 1.807) is 11.3 Å². The molecule has 2 heterocycles. The van der Waals surface area contributed by atoms with Crippen molar-refractivity contribution in [2.75, 3.05) is 0 Å². The van der Waals surface area contributed by atoms with Gasteiger partial charge in [-0.2, -0.15) is 0 Å². The summed E-state index contributed by atoms with van der Waals surface area (Å²) in [5, 5.41) is 12.2. The minimum atomic E-state index is -0.0907. The Morgan fingerprint density at radius 1 is 0.941 bits per heavy atom. The van der Waals surface area contributed by atoms with Crippen molar-refractivity contribution in [2.45, 2.75) is 31.2 Å². The lowest BCUT2D eigenvalue weighted by Gasteiger charge is -2.03. The first-order chi connectivity index (χ1) is 16.7. The SMILES string of the molecule is O=C(Cc1nnc(Cc2nc3ccc(-c4ccccc4)cc3s2)o1)N[C@H]1CC1c1ccccc1. The molecule has 7 heteroatoms. The van der Waals surface area contributed by atoms with E-state index < -0.39 is 0 Å². The van der Waals surface area contributed by atoms with Crippen LogP contribution in [-0.4, -0.2) is 27.1 Å². The zero-order chi connectivity index (χ0) is 22.9. The second kappa shape index (κ2) is 8.83. The van der Waals surface area contributed by atoms with E-state index in [1.807, 2.05) is 42.5 Å². The summed E-state index contributed by atoms with van der Waals surface area (Å²) in [6.45, 7) is 0. The van der Waals surface area contributed by atoms with Crippen molar-refractivity contribution in [3.05, 3.63) is 101 Å². The van der Waals surface area contributed by atoms with E-state index in [-0.39, 0.29) is 18.4 Å². The number of carbonyl (C=O) groups is 1. The molecule has 1 fully saturated rings. The lowest BCUT2D eigenvalue weighted by atomic mass is 10.1. The maximum absolute atomic E-state index is 12.4. The number of thiazole rings is 1. The number of nitrogens with one attached hydrogen (secondary N) is 1. The molecule has 1 amide bonds. The number of fused-ring (bicyclic) bond motifs is 1. The average molecular weight is 467 g/mol. The maximum Gasteiger partial charge on any atom is 0.229 e. The molecule has 0 spiro atoms. The Balaban J connectivity index is 1.08. The number of aromatic nitrogens is 3. The van der Waals surface area contributed by atoms with E-state index >= 15 is 0 Å². The minimum absolute atomic E-state index is 0.0886. The lowest BCUT2D eigenvalue weighted by Crippen LogP contribution is -2.28. The van der Waals surface area contributed by atoms with Gasteiger partial charge in [0.25, 0.3) is 0 Å². The maximum atomic E-state index is 12.4. The van der Waals surface area contributed by atoms with Crippen molar-refractivity contribution in [1.29, 1.82) is 0 Å². The normalized spacial score (nSPS) is 17.1. The van der Waals surface area contributed by atoms with Gasteiger partial charge in [0.2, 0.25) is 17.7 Å². The topological polar surface area (TPSA) is 80.9 Å². The molecule has 0 saturated heterocycles. The number of hydrogen-bond acceptors (Lipinski definition) is 6. The molecule has 1 N–H and O–H groups in total. The molecule has 0 bridgehead atoms.